The van der Waals surface area contributed by atoms with Crippen molar-refractivity contribution in [3.05, 3.63) is 41.7 Å². The van der Waals surface area contributed by atoms with Crippen LogP contribution in [0.2, 0.25) is 0 Å². The lowest BCUT2D eigenvalue weighted by atomic mass is 10.0. The lowest BCUT2D eigenvalue weighted by molar-refractivity contribution is 0.0735. The molecule has 6 heteroatoms. The molecule has 4 rings (SSSR count). The van der Waals surface area contributed by atoms with E-state index in [1.807, 2.05) is 30.1 Å². The summed E-state index contributed by atoms with van der Waals surface area (Å²) in [6, 6.07) is 6.06. The average molecular weight is 313 g/mol. The highest BCUT2D eigenvalue weighted by Gasteiger charge is 2.31. The van der Waals surface area contributed by atoms with Crippen molar-refractivity contribution in [2.24, 2.45) is 7.05 Å². The molecule has 1 amide bonds. The number of benzene rings is 1. The zero-order chi connectivity index (χ0) is 15.8. The van der Waals surface area contributed by atoms with E-state index in [1.165, 1.54) is 0 Å². The Morgan fingerprint density at radius 2 is 2.09 bits per heavy atom. The van der Waals surface area contributed by atoms with E-state index in [0.717, 1.165) is 36.4 Å². The van der Waals surface area contributed by atoms with Gasteiger partial charge in [-0.1, -0.05) is 6.07 Å². The number of carbonyl (C=O) groups is 1. The van der Waals surface area contributed by atoms with Gasteiger partial charge in [0.1, 0.15) is 13.2 Å². The number of carbonyl (C=O) groups excluding carboxylic acids is 1. The molecular formula is C17H19N3O3. The average Bonchev–Trinajstić information content (AvgIpc) is 3.23. The molecule has 1 aromatic heterocycles. The Kier molecular flexibility index (Phi) is 3.44. The summed E-state index contributed by atoms with van der Waals surface area (Å²) in [6.45, 7) is 1.92. The summed E-state index contributed by atoms with van der Waals surface area (Å²) in [7, 11) is 1.82. The third-order valence-electron chi connectivity index (χ3n) is 4.42. The van der Waals surface area contributed by atoms with Gasteiger partial charge in [-0.25, -0.2) is 0 Å². The van der Waals surface area contributed by atoms with Crippen molar-refractivity contribution >= 4 is 5.91 Å². The fraction of sp³-hybridized carbons (Fsp3) is 0.412. The number of aryl methyl sites for hydroxylation is 1. The SMILES string of the molecule is Cn1cc(C(=O)N2CCC[C@H]2c2ccc3c(c2)OCCO3)cn1. The molecule has 1 fully saturated rings. The molecule has 0 radical (unpaired) electrons. The molecule has 0 bridgehead atoms. The van der Waals surface area contributed by atoms with Crippen LogP contribution in [0.15, 0.2) is 30.6 Å². The Morgan fingerprint density at radius 3 is 2.87 bits per heavy atom. The molecule has 1 saturated heterocycles. The first kappa shape index (κ1) is 14.1. The number of nitrogens with zero attached hydrogens (tertiary/aromatic N) is 3. The Labute approximate surface area is 134 Å². The Morgan fingerprint density at radius 1 is 1.26 bits per heavy atom. The first-order chi connectivity index (χ1) is 11.2. The molecule has 0 unspecified atom stereocenters. The summed E-state index contributed by atoms with van der Waals surface area (Å²) in [6.07, 6.45) is 5.36. The number of amides is 1. The van der Waals surface area contributed by atoms with Crippen LogP contribution in [0.1, 0.15) is 34.8 Å². The topological polar surface area (TPSA) is 56.6 Å². The fourth-order valence-corrected chi connectivity index (χ4v) is 3.32. The minimum Gasteiger partial charge on any atom is -0.486 e. The number of hydrogen-bond acceptors (Lipinski definition) is 4. The zero-order valence-electron chi connectivity index (χ0n) is 13.1. The Hall–Kier alpha value is -2.50. The predicted molar refractivity (Wildman–Crippen MR) is 83.7 cm³/mol. The van der Waals surface area contributed by atoms with Crippen molar-refractivity contribution in [2.45, 2.75) is 18.9 Å². The van der Waals surface area contributed by atoms with E-state index in [4.69, 9.17) is 9.47 Å². The van der Waals surface area contributed by atoms with Gasteiger partial charge in [0.15, 0.2) is 11.5 Å². The molecule has 2 aliphatic heterocycles. The molecule has 0 saturated carbocycles. The maximum absolute atomic E-state index is 12.7. The first-order valence-corrected chi connectivity index (χ1v) is 7.91. The van der Waals surface area contributed by atoms with Crippen LogP contribution in [0.5, 0.6) is 11.5 Å². The zero-order valence-corrected chi connectivity index (χ0v) is 13.1. The summed E-state index contributed by atoms with van der Waals surface area (Å²) in [5, 5.41) is 4.10. The van der Waals surface area contributed by atoms with Gasteiger partial charge in [-0.15, -0.1) is 0 Å². The lowest BCUT2D eigenvalue weighted by Crippen LogP contribution is -2.30. The summed E-state index contributed by atoms with van der Waals surface area (Å²) in [5.74, 6) is 1.59. The van der Waals surface area contributed by atoms with Crippen LogP contribution in [0.25, 0.3) is 0 Å². The summed E-state index contributed by atoms with van der Waals surface area (Å²) < 4.78 is 12.9. The fourth-order valence-electron chi connectivity index (χ4n) is 3.32. The van der Waals surface area contributed by atoms with Crippen molar-refractivity contribution in [1.82, 2.24) is 14.7 Å². The summed E-state index contributed by atoms with van der Waals surface area (Å²) in [5.41, 5.74) is 1.74. The van der Waals surface area contributed by atoms with E-state index in [9.17, 15) is 4.79 Å². The largest absolute Gasteiger partial charge is 0.486 e. The van der Waals surface area contributed by atoms with Crippen LogP contribution in [-0.2, 0) is 7.05 Å². The number of likely N-dealkylation sites (tertiary alicyclic amines) is 1. The van der Waals surface area contributed by atoms with Gasteiger partial charge in [0.05, 0.1) is 17.8 Å². The highest BCUT2D eigenvalue weighted by atomic mass is 16.6. The molecular weight excluding hydrogens is 294 g/mol. The second-order valence-corrected chi connectivity index (χ2v) is 5.96. The standard InChI is InChI=1S/C17H19N3O3/c1-19-11-13(10-18-19)17(21)20-6-2-3-14(20)12-4-5-15-16(9-12)23-8-7-22-15/h4-5,9-11,14H,2-3,6-8H2,1H3/t14-/m0/s1. The number of hydrogen-bond donors (Lipinski definition) is 0. The summed E-state index contributed by atoms with van der Waals surface area (Å²) in [4.78, 5) is 14.7. The molecule has 0 aliphatic carbocycles. The molecule has 2 aliphatic rings. The van der Waals surface area contributed by atoms with Gasteiger partial charge in [-0.05, 0) is 30.5 Å². The molecule has 1 atom stereocenters. The maximum atomic E-state index is 12.7. The van der Waals surface area contributed by atoms with Gasteiger partial charge in [-0.2, -0.15) is 5.10 Å². The van der Waals surface area contributed by atoms with Gasteiger partial charge in [-0.3, -0.25) is 9.48 Å². The van der Waals surface area contributed by atoms with Crippen molar-refractivity contribution < 1.29 is 14.3 Å². The van der Waals surface area contributed by atoms with Crippen LogP contribution in [0.3, 0.4) is 0 Å². The molecule has 1 aromatic carbocycles. The van der Waals surface area contributed by atoms with Crippen LogP contribution >= 0.6 is 0 Å². The first-order valence-electron chi connectivity index (χ1n) is 7.91. The van der Waals surface area contributed by atoms with Crippen LogP contribution in [0, 0.1) is 0 Å². The van der Waals surface area contributed by atoms with Gasteiger partial charge < -0.3 is 14.4 Å². The van der Waals surface area contributed by atoms with Gasteiger partial charge >= 0.3 is 0 Å². The smallest absolute Gasteiger partial charge is 0.257 e. The van der Waals surface area contributed by atoms with E-state index in [1.54, 1.807) is 17.1 Å². The Balaban J connectivity index is 1.61. The molecule has 120 valence electrons. The second kappa shape index (κ2) is 5.61. The molecule has 0 spiro atoms. The minimum atomic E-state index is 0.0375. The van der Waals surface area contributed by atoms with Crippen molar-refractivity contribution in [2.75, 3.05) is 19.8 Å². The number of fused-ring (bicyclic) bond motifs is 1. The maximum Gasteiger partial charge on any atom is 0.257 e. The summed E-state index contributed by atoms with van der Waals surface area (Å²) >= 11 is 0. The van der Waals surface area contributed by atoms with E-state index >= 15 is 0 Å². The van der Waals surface area contributed by atoms with Gasteiger partial charge in [0.2, 0.25) is 0 Å². The molecule has 0 N–H and O–H groups in total. The monoisotopic (exact) mass is 313 g/mol. The minimum absolute atomic E-state index is 0.0375. The predicted octanol–water partition coefficient (Wildman–Crippen LogP) is 2.17. The highest BCUT2D eigenvalue weighted by Crippen LogP contribution is 2.38. The molecule has 6 nitrogen and oxygen atoms in total. The van der Waals surface area contributed by atoms with Crippen LogP contribution in [0.4, 0.5) is 0 Å². The van der Waals surface area contributed by atoms with Crippen molar-refractivity contribution in [3.8, 4) is 11.5 Å². The van der Waals surface area contributed by atoms with E-state index < -0.39 is 0 Å². The van der Waals surface area contributed by atoms with Crippen molar-refractivity contribution in [3.63, 3.8) is 0 Å². The number of ether oxygens (including phenoxy) is 2. The van der Waals surface area contributed by atoms with E-state index in [0.29, 0.717) is 18.8 Å². The lowest BCUT2D eigenvalue weighted by Gasteiger charge is -2.26. The van der Waals surface area contributed by atoms with Gasteiger partial charge in [0.25, 0.3) is 5.91 Å². The van der Waals surface area contributed by atoms with E-state index in [-0.39, 0.29) is 11.9 Å². The molecule has 2 aromatic rings. The molecule has 23 heavy (non-hydrogen) atoms. The normalized spacial score (nSPS) is 19.9. The van der Waals surface area contributed by atoms with Crippen molar-refractivity contribution in [1.29, 1.82) is 0 Å². The molecule has 3 heterocycles. The Bertz CT molecular complexity index is 740. The quantitative estimate of drug-likeness (QED) is 0.852. The number of rotatable bonds is 2. The third-order valence-corrected chi connectivity index (χ3v) is 4.42. The second-order valence-electron chi connectivity index (χ2n) is 5.96. The van der Waals surface area contributed by atoms with E-state index in [2.05, 4.69) is 5.10 Å². The van der Waals surface area contributed by atoms with Gasteiger partial charge in [0, 0.05) is 19.8 Å². The third kappa shape index (κ3) is 2.54. The number of aromatic nitrogens is 2. The van der Waals surface area contributed by atoms with Crippen LogP contribution < -0.4 is 9.47 Å². The van der Waals surface area contributed by atoms with Crippen LogP contribution in [-0.4, -0.2) is 40.3 Å². The highest BCUT2D eigenvalue weighted by molar-refractivity contribution is 5.94.